The van der Waals surface area contributed by atoms with Crippen molar-refractivity contribution >= 4 is 8.07 Å². The van der Waals surface area contributed by atoms with E-state index in [9.17, 15) is 0 Å². The minimum absolute atomic E-state index is 0.827. The van der Waals surface area contributed by atoms with Gasteiger partial charge in [0, 0.05) is 0 Å². The van der Waals surface area contributed by atoms with Crippen molar-refractivity contribution in [2.75, 3.05) is 7.11 Å². The average Bonchev–Trinajstić information content (AvgIpc) is 2.26. The van der Waals surface area contributed by atoms with Crippen molar-refractivity contribution in [3.05, 3.63) is 41.5 Å². The van der Waals surface area contributed by atoms with Gasteiger partial charge in [-0.3, -0.25) is 0 Å². The number of benzene rings is 1. The Balaban J connectivity index is 3.36. The zero-order valence-corrected chi connectivity index (χ0v) is 13.1. The Kier molecular flexibility index (Phi) is 4.81. The van der Waals surface area contributed by atoms with E-state index in [1.165, 1.54) is 11.1 Å². The van der Waals surface area contributed by atoms with Crippen molar-refractivity contribution < 1.29 is 4.74 Å². The van der Waals surface area contributed by atoms with Gasteiger partial charge in [-0.15, -0.1) is 12.1 Å². The van der Waals surface area contributed by atoms with Gasteiger partial charge < -0.3 is 4.74 Å². The summed E-state index contributed by atoms with van der Waals surface area (Å²) in [5, 5.41) is 0. The van der Waals surface area contributed by atoms with Crippen molar-refractivity contribution in [3.8, 4) is 17.2 Å². The summed E-state index contributed by atoms with van der Waals surface area (Å²) in [6, 6.07) is 4.21. The Morgan fingerprint density at radius 1 is 1.33 bits per heavy atom. The van der Waals surface area contributed by atoms with Crippen molar-refractivity contribution in [3.63, 3.8) is 0 Å². The maximum Gasteiger partial charge on any atom is 0.135 e. The van der Waals surface area contributed by atoms with E-state index in [2.05, 4.69) is 50.7 Å². The zero-order valence-electron chi connectivity index (χ0n) is 12.1. The number of rotatable bonds is 3. The zero-order chi connectivity index (χ0) is 13.8. The lowest BCUT2D eigenvalue weighted by molar-refractivity contribution is 0.413. The van der Waals surface area contributed by atoms with Crippen molar-refractivity contribution in [1.82, 2.24) is 0 Å². The molecule has 18 heavy (non-hydrogen) atoms. The number of aryl methyl sites for hydroxylation is 1. The second-order valence-corrected chi connectivity index (χ2v) is 10.2. The summed E-state index contributed by atoms with van der Waals surface area (Å²) >= 11 is 0. The predicted molar refractivity (Wildman–Crippen MR) is 81.9 cm³/mol. The molecular formula is C16H22OSi. The van der Waals surface area contributed by atoms with Gasteiger partial charge >= 0.3 is 0 Å². The van der Waals surface area contributed by atoms with E-state index >= 15 is 0 Å². The van der Waals surface area contributed by atoms with Crippen LogP contribution in [0.5, 0.6) is 5.75 Å². The summed E-state index contributed by atoms with van der Waals surface area (Å²) in [5.74, 6) is 4.20. The van der Waals surface area contributed by atoms with Crippen LogP contribution in [-0.2, 0) is 6.42 Å². The Hall–Kier alpha value is -1.46. The molecule has 2 heteroatoms. The highest BCUT2D eigenvalue weighted by Crippen LogP contribution is 2.24. The van der Waals surface area contributed by atoms with Crippen LogP contribution in [0, 0.1) is 18.4 Å². The lowest BCUT2D eigenvalue weighted by Crippen LogP contribution is -2.16. The highest BCUT2D eigenvalue weighted by Gasteiger charge is 2.11. The van der Waals surface area contributed by atoms with Crippen LogP contribution in [0.25, 0.3) is 0 Å². The number of ether oxygens (including phenoxy) is 1. The molecule has 1 rings (SSSR count). The SMILES string of the molecule is C=CCc1cc(C)cc(OC)c1C#C[Si](C)(C)C. The third-order valence-electron chi connectivity index (χ3n) is 2.47. The molecule has 1 nitrogen and oxygen atoms in total. The molecule has 0 amide bonds. The lowest BCUT2D eigenvalue weighted by atomic mass is 10.0. The Labute approximate surface area is 112 Å². The van der Waals surface area contributed by atoms with Crippen LogP contribution >= 0.6 is 0 Å². The van der Waals surface area contributed by atoms with Gasteiger partial charge in [-0.1, -0.05) is 37.7 Å². The number of hydrogen-bond acceptors (Lipinski definition) is 1. The van der Waals surface area contributed by atoms with Gasteiger partial charge in [0.05, 0.1) is 12.7 Å². The lowest BCUT2D eigenvalue weighted by Gasteiger charge is -2.11. The smallest absolute Gasteiger partial charge is 0.135 e. The summed E-state index contributed by atoms with van der Waals surface area (Å²) in [7, 11) is 0.323. The van der Waals surface area contributed by atoms with E-state index in [1.807, 2.05) is 12.1 Å². The third-order valence-corrected chi connectivity index (χ3v) is 3.35. The van der Waals surface area contributed by atoms with Crippen molar-refractivity contribution in [2.45, 2.75) is 33.0 Å². The standard InChI is InChI=1S/C16H22OSi/c1-7-8-14-11-13(2)12-16(17-3)15(14)9-10-18(4,5)6/h7,11-12H,1,8H2,2-6H3. The summed E-state index contributed by atoms with van der Waals surface area (Å²) in [5.41, 5.74) is 6.82. The number of hydrogen-bond donors (Lipinski definition) is 0. The Morgan fingerprint density at radius 2 is 2.00 bits per heavy atom. The molecule has 0 aliphatic rings. The van der Waals surface area contributed by atoms with E-state index in [0.717, 1.165) is 17.7 Å². The molecule has 0 bridgehead atoms. The molecule has 0 aliphatic carbocycles. The van der Waals surface area contributed by atoms with Gasteiger partial charge in [-0.2, -0.15) is 0 Å². The summed E-state index contributed by atoms with van der Waals surface area (Å²) < 4.78 is 5.46. The maximum atomic E-state index is 5.46. The van der Waals surface area contributed by atoms with Gasteiger partial charge in [-0.25, -0.2) is 0 Å². The molecule has 0 spiro atoms. The minimum atomic E-state index is -1.38. The van der Waals surface area contributed by atoms with E-state index in [4.69, 9.17) is 4.74 Å². The van der Waals surface area contributed by atoms with Crippen molar-refractivity contribution in [2.24, 2.45) is 0 Å². The first-order valence-electron chi connectivity index (χ1n) is 6.19. The first-order valence-corrected chi connectivity index (χ1v) is 9.69. The molecule has 1 aromatic carbocycles. The molecule has 0 aliphatic heterocycles. The molecule has 0 saturated heterocycles. The highest BCUT2D eigenvalue weighted by atomic mass is 28.3. The van der Waals surface area contributed by atoms with E-state index in [0.29, 0.717) is 0 Å². The second kappa shape index (κ2) is 5.93. The van der Waals surface area contributed by atoms with Crippen LogP contribution in [0.15, 0.2) is 24.8 Å². The number of allylic oxidation sites excluding steroid dienone is 1. The molecule has 0 radical (unpaired) electrons. The summed E-state index contributed by atoms with van der Waals surface area (Å²) in [4.78, 5) is 0. The molecule has 0 saturated carbocycles. The van der Waals surface area contributed by atoms with Crippen LogP contribution in [0.2, 0.25) is 19.6 Å². The fourth-order valence-corrected chi connectivity index (χ4v) is 2.20. The van der Waals surface area contributed by atoms with Crippen LogP contribution < -0.4 is 4.74 Å². The first-order chi connectivity index (χ1) is 8.37. The second-order valence-electron chi connectivity index (χ2n) is 5.49. The molecule has 0 unspecified atom stereocenters. The molecule has 96 valence electrons. The van der Waals surface area contributed by atoms with Gasteiger partial charge in [0.25, 0.3) is 0 Å². The van der Waals surface area contributed by atoms with E-state index in [-0.39, 0.29) is 0 Å². The van der Waals surface area contributed by atoms with E-state index < -0.39 is 8.07 Å². The maximum absolute atomic E-state index is 5.46. The van der Waals surface area contributed by atoms with Crippen LogP contribution in [0.1, 0.15) is 16.7 Å². The highest BCUT2D eigenvalue weighted by molar-refractivity contribution is 6.83. The van der Waals surface area contributed by atoms with Gasteiger partial charge in [-0.05, 0) is 30.5 Å². The predicted octanol–water partition coefficient (Wildman–Crippen LogP) is 3.96. The Morgan fingerprint density at radius 3 is 2.50 bits per heavy atom. The molecule has 0 heterocycles. The summed E-state index contributed by atoms with van der Waals surface area (Å²) in [6.07, 6.45) is 2.74. The van der Waals surface area contributed by atoms with Crippen LogP contribution in [-0.4, -0.2) is 15.2 Å². The number of methoxy groups -OCH3 is 1. The third kappa shape index (κ3) is 4.08. The van der Waals surface area contributed by atoms with Gasteiger partial charge in [0.15, 0.2) is 0 Å². The topological polar surface area (TPSA) is 9.23 Å². The van der Waals surface area contributed by atoms with Gasteiger partial charge in [0.1, 0.15) is 13.8 Å². The fraction of sp³-hybridized carbons (Fsp3) is 0.375. The van der Waals surface area contributed by atoms with E-state index in [1.54, 1.807) is 7.11 Å². The molecule has 0 fully saturated rings. The molecule has 0 atom stereocenters. The van der Waals surface area contributed by atoms with Crippen molar-refractivity contribution in [1.29, 1.82) is 0 Å². The fourth-order valence-electron chi connectivity index (χ4n) is 1.70. The molecule has 0 aromatic heterocycles. The minimum Gasteiger partial charge on any atom is -0.495 e. The first kappa shape index (κ1) is 14.6. The Bertz CT molecular complexity index is 498. The van der Waals surface area contributed by atoms with Crippen LogP contribution in [0.4, 0.5) is 0 Å². The average molecular weight is 258 g/mol. The quantitative estimate of drug-likeness (QED) is 0.453. The molecule has 0 N–H and O–H groups in total. The van der Waals surface area contributed by atoms with Crippen LogP contribution in [0.3, 0.4) is 0 Å². The summed E-state index contributed by atoms with van der Waals surface area (Å²) in [6.45, 7) is 12.6. The normalized spacial score (nSPS) is 10.5. The molecular weight excluding hydrogens is 236 g/mol. The van der Waals surface area contributed by atoms with Gasteiger partial charge in [0.2, 0.25) is 0 Å². The largest absolute Gasteiger partial charge is 0.495 e. The molecule has 1 aromatic rings. The monoisotopic (exact) mass is 258 g/mol.